The Bertz CT molecular complexity index is 3000. The molecule has 0 N–H and O–H groups in total. The molecular weight excluding hydrogens is 811 g/mol. The van der Waals surface area contributed by atoms with Crippen molar-refractivity contribution in [1.29, 1.82) is 0 Å². The zero-order chi connectivity index (χ0) is 43.5. The summed E-state index contributed by atoms with van der Waals surface area (Å²) in [6.45, 7) is 0. The Morgan fingerprint density at radius 2 is 0.773 bits per heavy atom. The Balaban J connectivity index is 0.981. The predicted octanol–water partition coefficient (Wildman–Crippen LogP) is 13.5. The van der Waals surface area contributed by atoms with Crippen LogP contribution in [0, 0.1) is 23.7 Å². The summed E-state index contributed by atoms with van der Waals surface area (Å²) in [5.41, 5.74) is 16.1. The lowest BCUT2D eigenvalue weighted by molar-refractivity contribution is -0.0399. The average Bonchev–Trinajstić information content (AvgIpc) is 3.81. The fourth-order valence-corrected chi connectivity index (χ4v) is 20.7. The molecular formula is C64H57NSi. The van der Waals surface area contributed by atoms with Crippen molar-refractivity contribution in [3.05, 3.63) is 222 Å². The summed E-state index contributed by atoms with van der Waals surface area (Å²) in [6.07, 6.45) is 13.4. The van der Waals surface area contributed by atoms with Gasteiger partial charge in [-0.05, 0) is 170 Å². The fraction of sp³-hybridized carbons (Fsp3) is 0.250. The second-order valence-electron chi connectivity index (χ2n) is 21.1. The van der Waals surface area contributed by atoms with Crippen LogP contribution >= 0.6 is 0 Å². The highest BCUT2D eigenvalue weighted by atomic mass is 28.3. The molecule has 0 aliphatic heterocycles. The second kappa shape index (κ2) is 14.9. The first-order valence-electron chi connectivity index (χ1n) is 25.2. The Kier molecular flexibility index (Phi) is 8.80. The Morgan fingerprint density at radius 1 is 0.348 bits per heavy atom. The van der Waals surface area contributed by atoms with Gasteiger partial charge in [0.15, 0.2) is 8.07 Å². The second-order valence-corrected chi connectivity index (χ2v) is 24.9. The van der Waals surface area contributed by atoms with Crippen LogP contribution in [0.4, 0.5) is 17.1 Å². The van der Waals surface area contributed by atoms with Crippen LogP contribution in [0.1, 0.15) is 86.5 Å². The highest BCUT2D eigenvalue weighted by molar-refractivity contribution is 7.19. The third kappa shape index (κ3) is 5.40. The highest BCUT2D eigenvalue weighted by Crippen LogP contribution is 2.69. The van der Waals surface area contributed by atoms with Crippen molar-refractivity contribution in [3.8, 4) is 22.3 Å². The van der Waals surface area contributed by atoms with Crippen LogP contribution in [-0.2, 0) is 10.8 Å². The maximum Gasteiger partial charge on any atom is 0.179 e. The SMILES string of the molecule is c1ccc([Si](c2ccccc2)(c2ccccc2)c2ccc(N(c3ccc4c(c3)C3(CCCCC3)c3ccccc3-4)c3ccc4c(c3)C3(c5ccccc5-4)C4CC5CC(C4)CC3C5)cc2)cc1. The van der Waals surface area contributed by atoms with Crippen molar-refractivity contribution in [2.24, 2.45) is 23.7 Å². The van der Waals surface area contributed by atoms with Gasteiger partial charge in [-0.1, -0.05) is 183 Å². The molecule has 0 heterocycles. The molecule has 0 radical (unpaired) electrons. The topological polar surface area (TPSA) is 3.24 Å². The zero-order valence-corrected chi connectivity index (χ0v) is 38.9. The maximum atomic E-state index is 2.70. The molecule has 1 nitrogen and oxygen atoms in total. The van der Waals surface area contributed by atoms with Gasteiger partial charge in [0, 0.05) is 27.9 Å². The van der Waals surface area contributed by atoms with Crippen molar-refractivity contribution >= 4 is 45.9 Å². The normalized spacial score (nSPS) is 23.6. The molecule has 5 saturated carbocycles. The van der Waals surface area contributed by atoms with Crippen LogP contribution in [0.3, 0.4) is 0 Å². The van der Waals surface area contributed by atoms with Gasteiger partial charge in [-0.3, -0.25) is 0 Å². The molecule has 0 atom stereocenters. The van der Waals surface area contributed by atoms with E-state index in [1.165, 1.54) is 130 Å². The molecule has 7 aliphatic carbocycles. The van der Waals surface area contributed by atoms with Crippen molar-refractivity contribution in [2.45, 2.75) is 75.0 Å². The lowest BCUT2D eigenvalue weighted by atomic mass is 9.43. The van der Waals surface area contributed by atoms with E-state index in [1.54, 1.807) is 16.7 Å². The molecule has 8 aromatic rings. The molecule has 15 rings (SSSR count). The summed E-state index contributed by atoms with van der Waals surface area (Å²) < 4.78 is 0. The molecule has 0 saturated heterocycles. The Morgan fingerprint density at radius 3 is 1.33 bits per heavy atom. The van der Waals surface area contributed by atoms with Crippen LogP contribution in [0.2, 0.25) is 0 Å². The average molecular weight is 868 g/mol. The first-order chi connectivity index (χ1) is 32.7. The number of nitrogens with zero attached hydrogens (tertiary/aromatic N) is 1. The lowest BCUT2D eigenvalue weighted by Gasteiger charge is -2.61. The Labute approximate surface area is 392 Å². The van der Waals surface area contributed by atoms with Crippen LogP contribution < -0.4 is 25.6 Å². The molecule has 4 bridgehead atoms. The first kappa shape index (κ1) is 39.0. The van der Waals surface area contributed by atoms with Crippen molar-refractivity contribution < 1.29 is 0 Å². The van der Waals surface area contributed by atoms with Crippen molar-refractivity contribution in [1.82, 2.24) is 0 Å². The maximum absolute atomic E-state index is 2.70. The van der Waals surface area contributed by atoms with Crippen molar-refractivity contribution in [2.75, 3.05) is 4.90 Å². The van der Waals surface area contributed by atoms with Gasteiger partial charge in [-0.2, -0.15) is 0 Å². The highest BCUT2D eigenvalue weighted by Gasteiger charge is 2.61. The van der Waals surface area contributed by atoms with E-state index in [0.29, 0.717) is 0 Å². The number of hydrogen-bond acceptors (Lipinski definition) is 1. The molecule has 322 valence electrons. The molecule has 0 unspecified atom stereocenters. The number of fused-ring (bicyclic) bond motifs is 8. The third-order valence-corrected chi connectivity index (χ3v) is 23.0. The van der Waals surface area contributed by atoms with E-state index < -0.39 is 8.07 Å². The van der Waals surface area contributed by atoms with E-state index in [-0.39, 0.29) is 10.8 Å². The monoisotopic (exact) mass is 867 g/mol. The summed E-state index contributed by atoms with van der Waals surface area (Å²) in [4.78, 5) is 2.65. The molecule has 8 aromatic carbocycles. The standard InChI is InChI=1S/C64H57NSi/c1-5-17-51(18-6-1)66(52-19-7-2-8-20-52,53-21-9-3-10-22-53)54-31-27-48(28-32-54)65(49-29-33-57-55-23-11-13-25-59(55)63(61(57)42-49)35-15-4-16-36-63)50-30-34-58-56-24-12-14-26-60(56)64(62(58)43-50)46-38-44-37-45(40-46)41-47(64)39-44/h1-3,5-14,17-34,42-47H,4,15-16,35-41H2. The minimum atomic E-state index is -2.70. The van der Waals surface area contributed by atoms with Gasteiger partial charge in [0.25, 0.3) is 0 Å². The minimum Gasteiger partial charge on any atom is -0.310 e. The molecule has 5 fully saturated rings. The number of anilines is 3. The molecule has 2 spiro atoms. The molecule has 7 aliphatic rings. The summed E-state index contributed by atoms with van der Waals surface area (Å²) in [6, 6.07) is 78.2. The first-order valence-corrected chi connectivity index (χ1v) is 27.2. The van der Waals surface area contributed by atoms with E-state index >= 15 is 0 Å². The summed E-state index contributed by atoms with van der Waals surface area (Å²) in [7, 11) is -2.70. The quantitative estimate of drug-likeness (QED) is 0.114. The van der Waals surface area contributed by atoms with Crippen LogP contribution in [0.5, 0.6) is 0 Å². The smallest absolute Gasteiger partial charge is 0.179 e. The van der Waals surface area contributed by atoms with Gasteiger partial charge in [-0.25, -0.2) is 0 Å². The molecule has 0 aromatic heterocycles. The van der Waals surface area contributed by atoms with Gasteiger partial charge < -0.3 is 4.90 Å². The van der Waals surface area contributed by atoms with Gasteiger partial charge >= 0.3 is 0 Å². The van der Waals surface area contributed by atoms with Gasteiger partial charge in [0.1, 0.15) is 0 Å². The largest absolute Gasteiger partial charge is 0.310 e. The molecule has 66 heavy (non-hydrogen) atoms. The van der Waals surface area contributed by atoms with Crippen LogP contribution in [-0.4, -0.2) is 8.07 Å². The van der Waals surface area contributed by atoms with Gasteiger partial charge in [0.2, 0.25) is 0 Å². The fourth-order valence-electron chi connectivity index (χ4n) is 15.9. The summed E-state index contributed by atoms with van der Waals surface area (Å²) in [5, 5.41) is 5.61. The predicted molar refractivity (Wildman–Crippen MR) is 277 cm³/mol. The third-order valence-electron chi connectivity index (χ3n) is 18.2. The van der Waals surface area contributed by atoms with Crippen LogP contribution in [0.15, 0.2) is 200 Å². The van der Waals surface area contributed by atoms with Crippen LogP contribution in [0.25, 0.3) is 22.3 Å². The van der Waals surface area contributed by atoms with E-state index in [2.05, 4.69) is 205 Å². The minimum absolute atomic E-state index is 0.0754. The van der Waals surface area contributed by atoms with Crippen molar-refractivity contribution in [3.63, 3.8) is 0 Å². The Hall–Kier alpha value is -6.22. The van der Waals surface area contributed by atoms with E-state index in [9.17, 15) is 0 Å². The van der Waals surface area contributed by atoms with E-state index in [4.69, 9.17) is 0 Å². The zero-order valence-electron chi connectivity index (χ0n) is 37.9. The summed E-state index contributed by atoms with van der Waals surface area (Å²) >= 11 is 0. The van der Waals surface area contributed by atoms with E-state index in [0.717, 1.165) is 23.7 Å². The van der Waals surface area contributed by atoms with Gasteiger partial charge in [0.05, 0.1) is 0 Å². The lowest BCUT2D eigenvalue weighted by Crippen LogP contribution is -2.74. The molecule has 2 heteroatoms. The summed E-state index contributed by atoms with van der Waals surface area (Å²) in [5.74, 6) is 3.26. The number of rotatable bonds is 7. The van der Waals surface area contributed by atoms with Gasteiger partial charge in [-0.15, -0.1) is 0 Å². The number of hydrogen-bond donors (Lipinski definition) is 0. The number of benzene rings is 8. The van der Waals surface area contributed by atoms with E-state index in [1.807, 2.05) is 0 Å². The molecule has 0 amide bonds.